The topological polar surface area (TPSA) is 109 Å². The fraction of sp³-hybridized carbons (Fsp3) is 0.462. The molecule has 4 N–H and O–H groups in total. The van der Waals surface area contributed by atoms with E-state index in [1.54, 1.807) is 0 Å². The van der Waals surface area contributed by atoms with Gasteiger partial charge in [0.15, 0.2) is 5.60 Å². The standard InChI is InChI=1S/C13H17F3N2O4S/c1-12(20,13(14,15)16)8-11(19)18-7-6-9-2-4-10(5-3-9)23(17,21)22/h2-5,20H,6-8H2,1H3,(H,18,19)(H2,17,21,22)/t12-/m0/s1. The predicted molar refractivity (Wildman–Crippen MR) is 75.8 cm³/mol. The van der Waals surface area contributed by atoms with Crippen molar-refractivity contribution in [1.29, 1.82) is 0 Å². The maximum absolute atomic E-state index is 12.4. The van der Waals surface area contributed by atoms with Crippen molar-refractivity contribution in [2.75, 3.05) is 6.54 Å². The molecular formula is C13H17F3N2O4S. The van der Waals surface area contributed by atoms with Crippen molar-refractivity contribution >= 4 is 15.9 Å². The number of carbonyl (C=O) groups is 1. The summed E-state index contributed by atoms with van der Waals surface area (Å²) in [6.45, 7) is 0.569. The van der Waals surface area contributed by atoms with Gasteiger partial charge in [-0.25, -0.2) is 13.6 Å². The zero-order chi connectivity index (χ0) is 17.9. The summed E-state index contributed by atoms with van der Waals surface area (Å²) in [5.74, 6) is -0.937. The third kappa shape index (κ3) is 5.81. The maximum atomic E-state index is 12.4. The van der Waals surface area contributed by atoms with Crippen LogP contribution in [0.1, 0.15) is 18.9 Å². The zero-order valence-corrected chi connectivity index (χ0v) is 13.0. The van der Waals surface area contributed by atoms with E-state index in [2.05, 4.69) is 5.32 Å². The highest BCUT2D eigenvalue weighted by Crippen LogP contribution is 2.32. The van der Waals surface area contributed by atoms with Crippen LogP contribution in [0.25, 0.3) is 0 Å². The lowest BCUT2D eigenvalue weighted by Crippen LogP contribution is -2.46. The van der Waals surface area contributed by atoms with Crippen LogP contribution in [-0.2, 0) is 21.2 Å². The van der Waals surface area contributed by atoms with Crippen LogP contribution in [0.4, 0.5) is 13.2 Å². The Morgan fingerprint density at radius 3 is 2.22 bits per heavy atom. The second kappa shape index (κ2) is 6.85. The first-order valence-electron chi connectivity index (χ1n) is 6.50. The number of aliphatic hydroxyl groups is 1. The van der Waals surface area contributed by atoms with Gasteiger partial charge in [0, 0.05) is 6.54 Å². The predicted octanol–water partition coefficient (Wildman–Crippen LogP) is 0.696. The van der Waals surface area contributed by atoms with Crippen molar-refractivity contribution < 1.29 is 31.5 Å². The number of amides is 1. The highest BCUT2D eigenvalue weighted by molar-refractivity contribution is 7.89. The lowest BCUT2D eigenvalue weighted by molar-refractivity contribution is -0.253. The number of hydrogen-bond donors (Lipinski definition) is 3. The first-order valence-corrected chi connectivity index (χ1v) is 8.05. The molecule has 0 radical (unpaired) electrons. The molecule has 6 nitrogen and oxygen atoms in total. The van der Waals surface area contributed by atoms with Gasteiger partial charge in [-0.05, 0) is 31.0 Å². The molecular weight excluding hydrogens is 337 g/mol. The van der Waals surface area contributed by atoms with Gasteiger partial charge in [-0.1, -0.05) is 12.1 Å². The van der Waals surface area contributed by atoms with E-state index in [0.29, 0.717) is 12.5 Å². The van der Waals surface area contributed by atoms with Crippen LogP contribution >= 0.6 is 0 Å². The molecule has 10 heteroatoms. The Morgan fingerprint density at radius 2 is 1.78 bits per heavy atom. The Labute approximate surface area is 131 Å². The largest absolute Gasteiger partial charge is 0.417 e. The third-order valence-corrected chi connectivity index (χ3v) is 4.03. The van der Waals surface area contributed by atoms with Gasteiger partial charge in [-0.15, -0.1) is 0 Å². The molecule has 1 atom stereocenters. The molecule has 1 aromatic carbocycles. The molecule has 130 valence electrons. The van der Waals surface area contributed by atoms with Crippen LogP contribution < -0.4 is 10.5 Å². The van der Waals surface area contributed by atoms with Gasteiger partial charge in [-0.3, -0.25) is 4.79 Å². The smallest absolute Gasteiger partial charge is 0.380 e. The molecule has 0 saturated carbocycles. The summed E-state index contributed by atoms with van der Waals surface area (Å²) in [7, 11) is -3.79. The van der Waals surface area contributed by atoms with E-state index in [9.17, 15) is 31.5 Å². The van der Waals surface area contributed by atoms with E-state index in [-0.39, 0.29) is 17.9 Å². The van der Waals surface area contributed by atoms with Crippen LogP contribution in [0, 0.1) is 0 Å². The number of sulfonamides is 1. The number of alkyl halides is 3. The number of halogens is 3. The Hall–Kier alpha value is -1.65. The summed E-state index contributed by atoms with van der Waals surface area (Å²) in [6.07, 6.45) is -5.71. The van der Waals surface area contributed by atoms with Crippen LogP contribution in [-0.4, -0.2) is 37.8 Å². The molecule has 1 rings (SSSR count). The van der Waals surface area contributed by atoms with Crippen LogP contribution in [0.3, 0.4) is 0 Å². The Kier molecular flexibility index (Phi) is 5.78. The zero-order valence-electron chi connectivity index (χ0n) is 12.2. The first-order chi connectivity index (χ1) is 10.3. The second-order valence-corrected chi connectivity index (χ2v) is 6.80. The van der Waals surface area contributed by atoms with Crippen LogP contribution in [0.2, 0.25) is 0 Å². The summed E-state index contributed by atoms with van der Waals surface area (Å²) >= 11 is 0. The molecule has 0 bridgehead atoms. The van der Waals surface area contributed by atoms with Crippen molar-refractivity contribution in [2.24, 2.45) is 5.14 Å². The molecule has 0 fully saturated rings. The molecule has 0 aliphatic rings. The van der Waals surface area contributed by atoms with Crippen molar-refractivity contribution in [2.45, 2.75) is 36.4 Å². The molecule has 0 spiro atoms. The SMILES string of the molecule is C[C@](O)(CC(=O)NCCc1ccc(S(N)(=O)=O)cc1)C(F)(F)F. The summed E-state index contributed by atoms with van der Waals surface area (Å²) in [6, 6.07) is 5.55. The number of carbonyl (C=O) groups excluding carboxylic acids is 1. The number of nitrogens with one attached hydrogen (secondary N) is 1. The minimum Gasteiger partial charge on any atom is -0.380 e. The maximum Gasteiger partial charge on any atom is 0.417 e. The lowest BCUT2D eigenvalue weighted by atomic mass is 10.0. The molecule has 23 heavy (non-hydrogen) atoms. The monoisotopic (exact) mass is 354 g/mol. The molecule has 0 aromatic heterocycles. The van der Waals surface area contributed by atoms with Crippen LogP contribution in [0.5, 0.6) is 0 Å². The summed E-state index contributed by atoms with van der Waals surface area (Å²) in [5, 5.41) is 16.4. The molecule has 1 aromatic rings. The van der Waals surface area contributed by atoms with Gasteiger partial charge in [0.25, 0.3) is 0 Å². The number of benzene rings is 1. The van der Waals surface area contributed by atoms with E-state index < -0.39 is 34.1 Å². The van der Waals surface area contributed by atoms with Crippen molar-refractivity contribution in [3.8, 4) is 0 Å². The van der Waals surface area contributed by atoms with Crippen LogP contribution in [0.15, 0.2) is 29.2 Å². The molecule has 0 aliphatic heterocycles. The van der Waals surface area contributed by atoms with E-state index >= 15 is 0 Å². The van der Waals surface area contributed by atoms with Crippen molar-refractivity contribution in [3.05, 3.63) is 29.8 Å². The van der Waals surface area contributed by atoms with Gasteiger partial charge in [0.1, 0.15) is 0 Å². The average molecular weight is 354 g/mol. The Balaban J connectivity index is 2.50. The van der Waals surface area contributed by atoms with E-state index in [1.165, 1.54) is 24.3 Å². The third-order valence-electron chi connectivity index (χ3n) is 3.10. The summed E-state index contributed by atoms with van der Waals surface area (Å²) in [5.41, 5.74) is -2.42. The van der Waals surface area contributed by atoms with Gasteiger partial charge in [0.2, 0.25) is 15.9 Å². The van der Waals surface area contributed by atoms with E-state index in [4.69, 9.17) is 5.14 Å². The molecule has 0 saturated heterocycles. The van der Waals surface area contributed by atoms with E-state index in [0.717, 1.165) is 0 Å². The fourth-order valence-corrected chi connectivity index (χ4v) is 2.18. The summed E-state index contributed by atoms with van der Waals surface area (Å²) < 4.78 is 59.4. The van der Waals surface area contributed by atoms with Gasteiger partial charge >= 0.3 is 6.18 Å². The molecule has 1 amide bonds. The number of hydrogen-bond acceptors (Lipinski definition) is 4. The Bertz CT molecular complexity index is 655. The van der Waals surface area contributed by atoms with Gasteiger partial charge in [0.05, 0.1) is 11.3 Å². The van der Waals surface area contributed by atoms with Crippen molar-refractivity contribution in [3.63, 3.8) is 0 Å². The highest BCUT2D eigenvalue weighted by atomic mass is 32.2. The quantitative estimate of drug-likeness (QED) is 0.698. The second-order valence-electron chi connectivity index (χ2n) is 5.24. The van der Waals surface area contributed by atoms with E-state index in [1.807, 2.05) is 0 Å². The minimum atomic E-state index is -4.89. The van der Waals surface area contributed by atoms with Crippen molar-refractivity contribution in [1.82, 2.24) is 5.32 Å². The number of nitrogens with two attached hydrogens (primary N) is 1. The molecule has 0 unspecified atom stereocenters. The summed E-state index contributed by atoms with van der Waals surface area (Å²) in [4.78, 5) is 11.4. The van der Waals surface area contributed by atoms with Gasteiger partial charge in [-0.2, -0.15) is 13.2 Å². The first kappa shape index (κ1) is 19.4. The fourth-order valence-electron chi connectivity index (χ4n) is 1.67. The highest BCUT2D eigenvalue weighted by Gasteiger charge is 2.50. The molecule has 0 heterocycles. The average Bonchev–Trinajstić information content (AvgIpc) is 2.36. The molecule has 0 aliphatic carbocycles. The number of primary sulfonamides is 1. The Morgan fingerprint density at radius 1 is 1.26 bits per heavy atom. The number of rotatable bonds is 6. The normalized spacial score (nSPS) is 15.0. The van der Waals surface area contributed by atoms with Gasteiger partial charge < -0.3 is 10.4 Å². The minimum absolute atomic E-state index is 0.0431. The lowest BCUT2D eigenvalue weighted by Gasteiger charge is -2.25.